The smallest absolute Gasteiger partial charge is 0.145 e. The Morgan fingerprint density at radius 2 is 1.77 bits per heavy atom. The lowest BCUT2D eigenvalue weighted by Gasteiger charge is -2.03. The highest BCUT2D eigenvalue weighted by Crippen LogP contribution is 2.12. The summed E-state index contributed by atoms with van der Waals surface area (Å²) in [4.78, 5) is 0. The number of hydrogen-bond donors (Lipinski definition) is 0. The first kappa shape index (κ1) is 13.1. The Morgan fingerprint density at radius 3 is 2.38 bits per heavy atom. The molecule has 2 nitrogen and oxygen atoms in total. The Bertz CT molecular complexity index is 117. The molecule has 0 saturated heterocycles. The van der Waals surface area contributed by atoms with Crippen LogP contribution in [0.3, 0.4) is 0 Å². The maximum atomic E-state index is 10.1. The summed E-state index contributed by atoms with van der Waals surface area (Å²) < 4.78 is 15.1. The van der Waals surface area contributed by atoms with Gasteiger partial charge in [-0.2, -0.15) is 0 Å². The molecule has 0 spiro atoms. The molecule has 0 rings (SSSR count). The Labute approximate surface area is 83.3 Å². The molecule has 0 aliphatic rings. The van der Waals surface area contributed by atoms with Crippen LogP contribution in [0.5, 0.6) is 0 Å². The van der Waals surface area contributed by atoms with Crippen LogP contribution in [0, 0.1) is 0 Å². The molecular formula is C10H22O2P+. The van der Waals surface area contributed by atoms with E-state index >= 15 is 0 Å². The molecule has 0 aromatic carbocycles. The maximum absolute atomic E-state index is 10.1. The van der Waals surface area contributed by atoms with Crippen molar-refractivity contribution in [3.63, 3.8) is 0 Å². The van der Waals surface area contributed by atoms with Gasteiger partial charge in [0, 0.05) is 0 Å². The van der Waals surface area contributed by atoms with Crippen LogP contribution in [0.4, 0.5) is 0 Å². The van der Waals surface area contributed by atoms with Crippen LogP contribution in [-0.2, 0) is 9.09 Å². The van der Waals surface area contributed by atoms with E-state index in [0.717, 1.165) is 6.42 Å². The van der Waals surface area contributed by atoms with E-state index in [1.807, 2.05) is 6.92 Å². The van der Waals surface area contributed by atoms with Crippen LogP contribution in [0.15, 0.2) is 0 Å². The highest BCUT2D eigenvalue weighted by atomic mass is 31.1. The summed E-state index contributed by atoms with van der Waals surface area (Å²) in [6.07, 6.45) is 9.05. The molecule has 0 aromatic heterocycles. The van der Waals surface area contributed by atoms with Gasteiger partial charge in [-0.3, -0.25) is 0 Å². The Kier molecular flexibility index (Phi) is 10.2. The molecule has 0 N–H and O–H groups in total. The van der Waals surface area contributed by atoms with E-state index in [1.54, 1.807) is 0 Å². The van der Waals surface area contributed by atoms with Gasteiger partial charge < -0.3 is 0 Å². The monoisotopic (exact) mass is 205 g/mol. The zero-order valence-corrected chi connectivity index (χ0v) is 9.84. The Balaban J connectivity index is 3.01. The minimum absolute atomic E-state index is 0.169. The van der Waals surface area contributed by atoms with E-state index in [9.17, 15) is 4.57 Å². The molecule has 78 valence electrons. The third kappa shape index (κ3) is 9.98. The van der Waals surface area contributed by atoms with Crippen molar-refractivity contribution >= 4 is 8.69 Å². The first-order chi connectivity index (χ1) is 6.31. The van der Waals surface area contributed by atoms with Gasteiger partial charge in [-0.1, -0.05) is 45.4 Å². The van der Waals surface area contributed by atoms with E-state index in [4.69, 9.17) is 4.52 Å². The van der Waals surface area contributed by atoms with Crippen LogP contribution < -0.4 is 0 Å². The summed E-state index contributed by atoms with van der Waals surface area (Å²) >= 11 is 0. The zero-order valence-electron chi connectivity index (χ0n) is 8.84. The molecule has 0 radical (unpaired) electrons. The van der Waals surface area contributed by atoms with Gasteiger partial charge in [0.1, 0.15) is 6.10 Å². The molecule has 2 atom stereocenters. The molecule has 2 unspecified atom stereocenters. The van der Waals surface area contributed by atoms with E-state index in [0.29, 0.717) is 0 Å². The SMILES string of the molecule is CCCCCCCCC(C)O[PH+]=O. The van der Waals surface area contributed by atoms with E-state index in [1.165, 1.54) is 38.5 Å². The first-order valence-corrected chi connectivity index (χ1v) is 6.15. The Hall–Kier alpha value is 0.0600. The summed E-state index contributed by atoms with van der Waals surface area (Å²) in [6, 6.07) is 0. The third-order valence-corrected chi connectivity index (χ3v) is 2.71. The fraction of sp³-hybridized carbons (Fsp3) is 1.00. The van der Waals surface area contributed by atoms with Crippen LogP contribution >= 0.6 is 8.69 Å². The minimum Gasteiger partial charge on any atom is -0.145 e. The van der Waals surface area contributed by atoms with E-state index < -0.39 is 8.69 Å². The van der Waals surface area contributed by atoms with Gasteiger partial charge in [0.25, 0.3) is 0 Å². The molecule has 0 aromatic rings. The lowest BCUT2D eigenvalue weighted by Crippen LogP contribution is -2.00. The third-order valence-electron chi connectivity index (χ3n) is 2.21. The van der Waals surface area contributed by atoms with Crippen molar-refractivity contribution in [3.8, 4) is 0 Å². The molecule has 0 amide bonds. The predicted molar refractivity (Wildman–Crippen MR) is 57.5 cm³/mol. The van der Waals surface area contributed by atoms with Crippen molar-refractivity contribution in [2.45, 2.75) is 64.9 Å². The van der Waals surface area contributed by atoms with Crippen molar-refractivity contribution in [2.24, 2.45) is 0 Å². The predicted octanol–water partition coefficient (Wildman–Crippen LogP) is 4.08. The highest BCUT2D eigenvalue weighted by Gasteiger charge is 2.05. The molecule has 3 heteroatoms. The van der Waals surface area contributed by atoms with Crippen LogP contribution in [0.2, 0.25) is 0 Å². The molecular weight excluding hydrogens is 183 g/mol. The van der Waals surface area contributed by atoms with Crippen LogP contribution in [0.1, 0.15) is 58.8 Å². The second-order valence-electron chi connectivity index (χ2n) is 3.57. The van der Waals surface area contributed by atoms with Crippen molar-refractivity contribution in [1.29, 1.82) is 0 Å². The lowest BCUT2D eigenvalue weighted by molar-refractivity contribution is 0.228. The second-order valence-corrected chi connectivity index (χ2v) is 3.97. The van der Waals surface area contributed by atoms with Gasteiger partial charge in [-0.15, -0.1) is 4.52 Å². The lowest BCUT2D eigenvalue weighted by atomic mass is 10.1. The molecule has 0 bridgehead atoms. The van der Waals surface area contributed by atoms with Gasteiger partial charge in [-0.05, 0) is 17.9 Å². The maximum Gasteiger partial charge on any atom is 0.494 e. The largest absolute Gasteiger partial charge is 0.494 e. The topological polar surface area (TPSA) is 26.3 Å². The number of unbranched alkanes of at least 4 members (excludes halogenated alkanes) is 5. The fourth-order valence-corrected chi connectivity index (χ4v) is 1.64. The summed E-state index contributed by atoms with van der Waals surface area (Å²) in [5.41, 5.74) is 0. The average Bonchev–Trinajstić information content (AvgIpc) is 2.11. The fourth-order valence-electron chi connectivity index (χ4n) is 1.35. The normalized spacial score (nSPS) is 13.4. The van der Waals surface area contributed by atoms with Gasteiger partial charge in [0.15, 0.2) is 0 Å². The highest BCUT2D eigenvalue weighted by molar-refractivity contribution is 7.17. The zero-order chi connectivity index (χ0) is 9.94. The Morgan fingerprint density at radius 1 is 1.15 bits per heavy atom. The average molecular weight is 205 g/mol. The van der Waals surface area contributed by atoms with Crippen LogP contribution in [-0.4, -0.2) is 6.10 Å². The summed E-state index contributed by atoms with van der Waals surface area (Å²) in [5.74, 6) is 0. The molecule has 0 aliphatic carbocycles. The quantitative estimate of drug-likeness (QED) is 0.418. The molecule has 0 saturated carbocycles. The number of rotatable bonds is 9. The van der Waals surface area contributed by atoms with Gasteiger partial charge >= 0.3 is 8.69 Å². The van der Waals surface area contributed by atoms with Crippen molar-refractivity contribution in [1.82, 2.24) is 0 Å². The van der Waals surface area contributed by atoms with Crippen molar-refractivity contribution in [3.05, 3.63) is 0 Å². The standard InChI is InChI=1S/C10H22O2P/c1-3-4-5-6-7-8-9-10(2)12-13-11/h10,13H,3-9H2,1-2H3/q+1. The summed E-state index contributed by atoms with van der Waals surface area (Å²) in [5, 5.41) is 0. The summed E-state index contributed by atoms with van der Waals surface area (Å²) in [6.45, 7) is 4.21. The van der Waals surface area contributed by atoms with Gasteiger partial charge in [0.2, 0.25) is 0 Å². The van der Waals surface area contributed by atoms with Gasteiger partial charge in [-0.25, -0.2) is 0 Å². The van der Waals surface area contributed by atoms with Crippen molar-refractivity contribution in [2.75, 3.05) is 0 Å². The van der Waals surface area contributed by atoms with Crippen LogP contribution in [0.25, 0.3) is 0 Å². The number of hydrogen-bond acceptors (Lipinski definition) is 2. The molecule has 0 fully saturated rings. The minimum atomic E-state index is -0.600. The molecule has 13 heavy (non-hydrogen) atoms. The van der Waals surface area contributed by atoms with Gasteiger partial charge in [0.05, 0.1) is 0 Å². The summed E-state index contributed by atoms with van der Waals surface area (Å²) in [7, 11) is -0.600. The van der Waals surface area contributed by atoms with E-state index in [-0.39, 0.29) is 6.10 Å². The molecule has 0 heterocycles. The van der Waals surface area contributed by atoms with E-state index in [2.05, 4.69) is 6.92 Å². The molecule has 0 aliphatic heterocycles. The second kappa shape index (κ2) is 10.1. The first-order valence-electron chi connectivity index (χ1n) is 5.34. The van der Waals surface area contributed by atoms with Crippen molar-refractivity contribution < 1.29 is 9.09 Å².